The number of aromatic amines is 1. The molecule has 25 heavy (non-hydrogen) atoms. The van der Waals surface area contributed by atoms with Crippen molar-refractivity contribution in [3.63, 3.8) is 0 Å². The molecule has 2 aromatic rings. The number of H-pyrrole nitrogens is 1. The summed E-state index contributed by atoms with van der Waals surface area (Å²) in [5.41, 5.74) is 5.74. The van der Waals surface area contributed by atoms with Crippen molar-refractivity contribution in [2.75, 3.05) is 27.2 Å². The Hall–Kier alpha value is -2.14. The molecule has 1 N–H and O–H groups in total. The number of aryl methyl sites for hydroxylation is 4. The molecule has 1 aromatic heterocycles. The molecule has 0 spiro atoms. The lowest BCUT2D eigenvalue weighted by atomic mass is 10.0. The highest BCUT2D eigenvalue weighted by Crippen LogP contribution is 2.14. The molecule has 5 nitrogen and oxygen atoms in total. The van der Waals surface area contributed by atoms with Crippen LogP contribution in [0.3, 0.4) is 0 Å². The number of carbonyl (C=O) groups is 1. The van der Waals surface area contributed by atoms with Crippen LogP contribution in [0, 0.1) is 20.8 Å². The van der Waals surface area contributed by atoms with E-state index in [0.29, 0.717) is 19.5 Å². The first-order valence-corrected chi connectivity index (χ1v) is 8.84. The summed E-state index contributed by atoms with van der Waals surface area (Å²) in [6, 6.07) is 6.43. The van der Waals surface area contributed by atoms with Crippen molar-refractivity contribution in [2.24, 2.45) is 0 Å². The third-order valence-electron chi connectivity index (χ3n) is 4.55. The number of benzene rings is 1. The third kappa shape index (κ3) is 5.71. The molecule has 0 fully saturated rings. The van der Waals surface area contributed by atoms with Gasteiger partial charge in [-0.2, -0.15) is 0 Å². The molecule has 0 atom stereocenters. The number of imidazole rings is 1. The topological polar surface area (TPSA) is 52.2 Å². The standard InChI is InChI=1S/C20H30N4O/c1-15-6-7-18(16(2)12-15)8-9-20(25)24(11-10-23(4)5)13-19-17(3)21-14-22-19/h6-7,12,14H,8-11,13H2,1-5H3,(H,21,22). The Morgan fingerprint density at radius 2 is 1.92 bits per heavy atom. The largest absolute Gasteiger partial charge is 0.348 e. The van der Waals surface area contributed by atoms with Crippen molar-refractivity contribution < 1.29 is 4.79 Å². The van der Waals surface area contributed by atoms with Gasteiger partial charge in [0.1, 0.15) is 0 Å². The maximum Gasteiger partial charge on any atom is 0.223 e. The first-order chi connectivity index (χ1) is 11.9. The minimum atomic E-state index is 0.184. The predicted molar refractivity (Wildman–Crippen MR) is 102 cm³/mol. The van der Waals surface area contributed by atoms with E-state index in [4.69, 9.17) is 0 Å². The number of nitrogens with one attached hydrogen (secondary N) is 1. The first kappa shape index (κ1) is 19.2. The van der Waals surface area contributed by atoms with Gasteiger partial charge in [-0.3, -0.25) is 4.79 Å². The highest BCUT2D eigenvalue weighted by Gasteiger charge is 2.16. The average Bonchev–Trinajstić information content (AvgIpc) is 2.95. The van der Waals surface area contributed by atoms with Crippen LogP contribution >= 0.6 is 0 Å². The van der Waals surface area contributed by atoms with Crippen molar-refractivity contribution >= 4 is 5.91 Å². The highest BCUT2D eigenvalue weighted by molar-refractivity contribution is 5.76. The molecule has 1 aromatic carbocycles. The molecule has 0 saturated heterocycles. The number of carbonyl (C=O) groups excluding carboxylic acids is 1. The predicted octanol–water partition coefficient (Wildman–Crippen LogP) is 2.86. The van der Waals surface area contributed by atoms with Crippen LogP contribution in [-0.2, 0) is 17.8 Å². The molecule has 5 heteroatoms. The van der Waals surface area contributed by atoms with Crippen LogP contribution in [-0.4, -0.2) is 52.9 Å². The summed E-state index contributed by atoms with van der Waals surface area (Å²) in [5, 5.41) is 0. The number of hydrogen-bond acceptors (Lipinski definition) is 3. The Bertz CT molecular complexity index is 705. The van der Waals surface area contributed by atoms with E-state index in [1.165, 1.54) is 16.7 Å². The monoisotopic (exact) mass is 342 g/mol. The van der Waals surface area contributed by atoms with Crippen molar-refractivity contribution in [1.29, 1.82) is 0 Å². The van der Waals surface area contributed by atoms with Crippen molar-refractivity contribution in [1.82, 2.24) is 19.8 Å². The number of aromatic nitrogens is 2. The van der Waals surface area contributed by atoms with E-state index in [1.807, 2.05) is 25.9 Å². The van der Waals surface area contributed by atoms with E-state index in [-0.39, 0.29) is 5.91 Å². The van der Waals surface area contributed by atoms with Crippen molar-refractivity contribution in [3.05, 3.63) is 52.6 Å². The van der Waals surface area contributed by atoms with Crippen LogP contribution in [0.5, 0.6) is 0 Å². The molecular weight excluding hydrogens is 312 g/mol. The Morgan fingerprint density at radius 3 is 2.52 bits per heavy atom. The molecular formula is C20H30N4O. The van der Waals surface area contributed by atoms with Crippen LogP contribution in [0.4, 0.5) is 0 Å². The zero-order valence-electron chi connectivity index (χ0n) is 16.1. The summed E-state index contributed by atoms with van der Waals surface area (Å²) >= 11 is 0. The first-order valence-electron chi connectivity index (χ1n) is 8.84. The molecule has 0 aliphatic carbocycles. The second-order valence-corrected chi connectivity index (χ2v) is 7.02. The van der Waals surface area contributed by atoms with Gasteiger partial charge in [-0.1, -0.05) is 23.8 Å². The van der Waals surface area contributed by atoms with Gasteiger partial charge in [0.25, 0.3) is 0 Å². The van der Waals surface area contributed by atoms with Crippen LogP contribution in [0.1, 0.15) is 34.5 Å². The summed E-state index contributed by atoms with van der Waals surface area (Å²) < 4.78 is 0. The average molecular weight is 342 g/mol. The van der Waals surface area contributed by atoms with E-state index < -0.39 is 0 Å². The molecule has 0 unspecified atom stereocenters. The lowest BCUT2D eigenvalue weighted by Crippen LogP contribution is -2.36. The van der Waals surface area contributed by atoms with Gasteiger partial charge in [0.15, 0.2) is 0 Å². The van der Waals surface area contributed by atoms with E-state index in [9.17, 15) is 4.79 Å². The molecule has 0 aliphatic heterocycles. The second kappa shape index (κ2) is 8.81. The highest BCUT2D eigenvalue weighted by atomic mass is 16.2. The zero-order chi connectivity index (χ0) is 18.4. The number of nitrogens with zero attached hydrogens (tertiary/aromatic N) is 3. The van der Waals surface area contributed by atoms with Crippen LogP contribution in [0.25, 0.3) is 0 Å². The van der Waals surface area contributed by atoms with Gasteiger partial charge in [-0.05, 0) is 52.4 Å². The van der Waals surface area contributed by atoms with Gasteiger partial charge >= 0.3 is 0 Å². The molecule has 0 aliphatic rings. The molecule has 2 rings (SSSR count). The Labute approximate surface area is 151 Å². The summed E-state index contributed by atoms with van der Waals surface area (Å²) in [6.45, 7) is 8.33. The fraction of sp³-hybridized carbons (Fsp3) is 0.500. The lowest BCUT2D eigenvalue weighted by Gasteiger charge is -2.24. The smallest absolute Gasteiger partial charge is 0.223 e. The normalized spacial score (nSPS) is 11.1. The Morgan fingerprint density at radius 1 is 1.16 bits per heavy atom. The van der Waals surface area contributed by atoms with E-state index in [0.717, 1.165) is 24.4 Å². The maximum absolute atomic E-state index is 12.8. The number of amides is 1. The van der Waals surface area contributed by atoms with E-state index in [2.05, 4.69) is 46.9 Å². The van der Waals surface area contributed by atoms with Gasteiger partial charge in [0, 0.05) is 25.2 Å². The Kier molecular flexibility index (Phi) is 6.76. The summed E-state index contributed by atoms with van der Waals surface area (Å²) in [7, 11) is 4.05. The SMILES string of the molecule is Cc1ccc(CCC(=O)N(CCN(C)C)Cc2nc[nH]c2C)c(C)c1. The van der Waals surface area contributed by atoms with Crippen molar-refractivity contribution in [3.8, 4) is 0 Å². The second-order valence-electron chi connectivity index (χ2n) is 7.02. The number of likely N-dealkylation sites (N-methyl/N-ethyl adjacent to an activating group) is 1. The van der Waals surface area contributed by atoms with Gasteiger partial charge < -0.3 is 14.8 Å². The molecule has 1 amide bonds. The van der Waals surface area contributed by atoms with Crippen LogP contribution in [0.2, 0.25) is 0 Å². The summed E-state index contributed by atoms with van der Waals surface area (Å²) in [4.78, 5) is 24.3. The van der Waals surface area contributed by atoms with E-state index >= 15 is 0 Å². The van der Waals surface area contributed by atoms with Gasteiger partial charge in [-0.25, -0.2) is 4.98 Å². The minimum absolute atomic E-state index is 0.184. The van der Waals surface area contributed by atoms with Gasteiger partial charge in [0.2, 0.25) is 5.91 Å². The quantitative estimate of drug-likeness (QED) is 0.802. The Balaban J connectivity index is 2.02. The molecule has 0 bridgehead atoms. The fourth-order valence-electron chi connectivity index (χ4n) is 2.87. The maximum atomic E-state index is 12.8. The third-order valence-corrected chi connectivity index (χ3v) is 4.55. The zero-order valence-corrected chi connectivity index (χ0v) is 16.1. The van der Waals surface area contributed by atoms with Crippen LogP contribution < -0.4 is 0 Å². The number of hydrogen-bond donors (Lipinski definition) is 1. The lowest BCUT2D eigenvalue weighted by molar-refractivity contribution is -0.132. The molecule has 0 radical (unpaired) electrons. The van der Waals surface area contributed by atoms with E-state index in [1.54, 1.807) is 6.33 Å². The fourth-order valence-corrected chi connectivity index (χ4v) is 2.87. The van der Waals surface area contributed by atoms with Gasteiger partial charge in [0.05, 0.1) is 18.6 Å². The number of rotatable bonds is 8. The van der Waals surface area contributed by atoms with Gasteiger partial charge in [-0.15, -0.1) is 0 Å². The molecule has 136 valence electrons. The van der Waals surface area contributed by atoms with Crippen LogP contribution in [0.15, 0.2) is 24.5 Å². The minimum Gasteiger partial charge on any atom is -0.348 e. The molecule has 1 heterocycles. The summed E-state index contributed by atoms with van der Waals surface area (Å²) in [5.74, 6) is 0.184. The van der Waals surface area contributed by atoms with Crippen molar-refractivity contribution in [2.45, 2.75) is 40.2 Å². The molecule has 0 saturated carbocycles. The summed E-state index contributed by atoms with van der Waals surface area (Å²) in [6.07, 6.45) is 3.00.